The summed E-state index contributed by atoms with van der Waals surface area (Å²) in [4.78, 5) is 18.8. The van der Waals surface area contributed by atoms with Crippen molar-refractivity contribution in [1.82, 2.24) is 10.3 Å². The van der Waals surface area contributed by atoms with Crippen molar-refractivity contribution in [3.8, 4) is 22.1 Å². The van der Waals surface area contributed by atoms with Gasteiger partial charge in [-0.25, -0.2) is 4.98 Å². The SMILES string of the molecule is COc1ccc(O)c(C(=O)NCc2ccc(-c3csc(C)n3)s2)c1. The Morgan fingerprint density at radius 1 is 1.33 bits per heavy atom. The lowest BCUT2D eigenvalue weighted by Gasteiger charge is -2.07. The van der Waals surface area contributed by atoms with E-state index in [-0.39, 0.29) is 17.2 Å². The molecule has 0 aliphatic heterocycles. The van der Waals surface area contributed by atoms with Gasteiger partial charge in [0, 0.05) is 10.3 Å². The number of hydrogen-bond donors (Lipinski definition) is 2. The number of rotatable bonds is 5. The third-order valence-corrected chi connectivity index (χ3v) is 5.29. The van der Waals surface area contributed by atoms with Crippen LogP contribution in [0.15, 0.2) is 35.7 Å². The van der Waals surface area contributed by atoms with Crippen LogP contribution in [-0.2, 0) is 6.54 Å². The van der Waals surface area contributed by atoms with E-state index >= 15 is 0 Å². The molecule has 0 unspecified atom stereocenters. The number of benzene rings is 1. The zero-order chi connectivity index (χ0) is 17.1. The molecule has 2 heterocycles. The molecule has 7 heteroatoms. The van der Waals surface area contributed by atoms with Gasteiger partial charge in [-0.2, -0.15) is 0 Å². The van der Waals surface area contributed by atoms with Gasteiger partial charge in [-0.05, 0) is 37.3 Å². The fourth-order valence-electron chi connectivity index (χ4n) is 2.17. The van der Waals surface area contributed by atoms with Gasteiger partial charge in [0.2, 0.25) is 0 Å². The average molecular weight is 360 g/mol. The van der Waals surface area contributed by atoms with Gasteiger partial charge in [-0.15, -0.1) is 22.7 Å². The van der Waals surface area contributed by atoms with E-state index in [0.717, 1.165) is 20.5 Å². The first-order valence-corrected chi connectivity index (χ1v) is 8.93. The first kappa shape index (κ1) is 16.5. The third-order valence-electron chi connectivity index (χ3n) is 3.40. The normalized spacial score (nSPS) is 10.6. The highest BCUT2D eigenvalue weighted by atomic mass is 32.1. The smallest absolute Gasteiger partial charge is 0.255 e. The van der Waals surface area contributed by atoms with E-state index in [4.69, 9.17) is 4.74 Å². The van der Waals surface area contributed by atoms with E-state index in [1.165, 1.54) is 19.2 Å². The fraction of sp³-hybridized carbons (Fsp3) is 0.176. The fourth-order valence-corrected chi connectivity index (χ4v) is 3.77. The highest BCUT2D eigenvalue weighted by Crippen LogP contribution is 2.29. The number of thiazole rings is 1. The lowest BCUT2D eigenvalue weighted by Crippen LogP contribution is -2.22. The van der Waals surface area contributed by atoms with Crippen molar-refractivity contribution in [1.29, 1.82) is 0 Å². The lowest BCUT2D eigenvalue weighted by atomic mass is 10.1. The van der Waals surface area contributed by atoms with Crippen molar-refractivity contribution in [2.45, 2.75) is 13.5 Å². The number of nitrogens with zero attached hydrogens (tertiary/aromatic N) is 1. The van der Waals surface area contributed by atoms with Crippen LogP contribution in [0.1, 0.15) is 20.2 Å². The molecule has 0 aliphatic rings. The molecule has 1 aromatic carbocycles. The van der Waals surface area contributed by atoms with Crippen molar-refractivity contribution >= 4 is 28.6 Å². The summed E-state index contributed by atoms with van der Waals surface area (Å²) < 4.78 is 5.08. The Kier molecular flexibility index (Phi) is 4.82. The van der Waals surface area contributed by atoms with E-state index in [1.54, 1.807) is 28.7 Å². The van der Waals surface area contributed by atoms with E-state index in [2.05, 4.69) is 10.3 Å². The molecule has 124 valence electrons. The number of nitrogens with one attached hydrogen (secondary N) is 1. The summed E-state index contributed by atoms with van der Waals surface area (Å²) in [6.07, 6.45) is 0. The quantitative estimate of drug-likeness (QED) is 0.725. The number of ether oxygens (including phenoxy) is 1. The predicted molar refractivity (Wildman–Crippen MR) is 96.0 cm³/mol. The van der Waals surface area contributed by atoms with E-state index < -0.39 is 0 Å². The number of phenols is 1. The monoisotopic (exact) mass is 360 g/mol. The second-order valence-electron chi connectivity index (χ2n) is 5.08. The summed E-state index contributed by atoms with van der Waals surface area (Å²) in [7, 11) is 1.52. The number of aryl methyl sites for hydroxylation is 1. The Balaban J connectivity index is 1.68. The molecule has 3 aromatic rings. The Hall–Kier alpha value is -2.38. The highest BCUT2D eigenvalue weighted by molar-refractivity contribution is 7.16. The van der Waals surface area contributed by atoms with Crippen molar-refractivity contribution in [3.05, 3.63) is 51.2 Å². The number of phenolic OH excluding ortho intramolecular Hbond substituents is 1. The molecular formula is C17H16N2O3S2. The summed E-state index contributed by atoms with van der Waals surface area (Å²) in [6.45, 7) is 2.37. The molecule has 0 saturated heterocycles. The van der Waals surface area contributed by atoms with Gasteiger partial charge in [0.1, 0.15) is 11.5 Å². The molecule has 0 atom stereocenters. The second kappa shape index (κ2) is 7.02. The molecule has 2 N–H and O–H groups in total. The minimum Gasteiger partial charge on any atom is -0.507 e. The van der Waals surface area contributed by atoms with Crippen molar-refractivity contribution < 1.29 is 14.6 Å². The van der Waals surface area contributed by atoms with Gasteiger partial charge < -0.3 is 15.2 Å². The summed E-state index contributed by atoms with van der Waals surface area (Å²) >= 11 is 3.21. The van der Waals surface area contributed by atoms with E-state index in [1.807, 2.05) is 24.4 Å². The van der Waals surface area contributed by atoms with Crippen LogP contribution in [0.25, 0.3) is 10.6 Å². The maximum Gasteiger partial charge on any atom is 0.255 e. The number of hydrogen-bond acceptors (Lipinski definition) is 6. The number of thiophene rings is 1. The van der Waals surface area contributed by atoms with Crippen molar-refractivity contribution in [2.75, 3.05) is 7.11 Å². The van der Waals surface area contributed by atoms with Gasteiger partial charge in [0.15, 0.2) is 0 Å². The number of aromatic nitrogens is 1. The summed E-state index contributed by atoms with van der Waals surface area (Å²) in [5, 5.41) is 15.7. The van der Waals surface area contributed by atoms with Crippen LogP contribution in [0.4, 0.5) is 0 Å². The number of carbonyl (C=O) groups is 1. The molecule has 0 radical (unpaired) electrons. The lowest BCUT2D eigenvalue weighted by molar-refractivity contribution is 0.0948. The van der Waals surface area contributed by atoms with Crippen LogP contribution in [0.2, 0.25) is 0 Å². The van der Waals surface area contributed by atoms with Crippen LogP contribution < -0.4 is 10.1 Å². The zero-order valence-corrected chi connectivity index (χ0v) is 14.8. The molecule has 2 aromatic heterocycles. The zero-order valence-electron chi connectivity index (χ0n) is 13.2. The molecule has 0 spiro atoms. The number of carbonyl (C=O) groups excluding carboxylic acids is 1. The van der Waals surface area contributed by atoms with Gasteiger partial charge in [-0.3, -0.25) is 4.79 Å². The Bertz CT molecular complexity index is 870. The predicted octanol–water partition coefficient (Wildman–Crippen LogP) is 3.82. The molecule has 0 fully saturated rings. The summed E-state index contributed by atoms with van der Waals surface area (Å²) in [6, 6.07) is 8.54. The molecule has 0 bridgehead atoms. The second-order valence-corrected chi connectivity index (χ2v) is 7.31. The minimum atomic E-state index is -0.342. The Labute approximate surface area is 147 Å². The van der Waals surface area contributed by atoms with Gasteiger partial charge in [-0.1, -0.05) is 0 Å². The largest absolute Gasteiger partial charge is 0.507 e. The van der Waals surface area contributed by atoms with Gasteiger partial charge in [0.25, 0.3) is 5.91 Å². The van der Waals surface area contributed by atoms with E-state index in [9.17, 15) is 9.90 Å². The van der Waals surface area contributed by atoms with Crippen LogP contribution in [-0.4, -0.2) is 23.1 Å². The van der Waals surface area contributed by atoms with Gasteiger partial charge >= 0.3 is 0 Å². The Morgan fingerprint density at radius 3 is 2.88 bits per heavy atom. The molecular weight excluding hydrogens is 344 g/mol. The molecule has 1 amide bonds. The molecule has 0 aliphatic carbocycles. The summed E-state index contributed by atoms with van der Waals surface area (Å²) in [5.41, 5.74) is 1.16. The van der Waals surface area contributed by atoms with Crippen LogP contribution >= 0.6 is 22.7 Å². The molecule has 3 rings (SSSR count). The first-order valence-electron chi connectivity index (χ1n) is 7.23. The van der Waals surface area contributed by atoms with Crippen LogP contribution in [0.5, 0.6) is 11.5 Å². The van der Waals surface area contributed by atoms with Gasteiger partial charge in [0.05, 0.1) is 34.8 Å². The third kappa shape index (κ3) is 3.58. The maximum atomic E-state index is 12.3. The van der Waals surface area contributed by atoms with Crippen molar-refractivity contribution in [3.63, 3.8) is 0 Å². The molecule has 0 saturated carbocycles. The average Bonchev–Trinajstić information content (AvgIpc) is 3.22. The number of aromatic hydroxyl groups is 1. The standard InChI is InChI=1S/C17H16N2O3S2/c1-10-19-14(9-23-10)16-6-4-12(24-16)8-18-17(21)13-7-11(22-2)3-5-15(13)20/h3-7,9,20H,8H2,1-2H3,(H,18,21). The highest BCUT2D eigenvalue weighted by Gasteiger charge is 2.13. The Morgan fingerprint density at radius 2 is 2.17 bits per heavy atom. The minimum absolute atomic E-state index is 0.0712. The maximum absolute atomic E-state index is 12.3. The van der Waals surface area contributed by atoms with Crippen molar-refractivity contribution in [2.24, 2.45) is 0 Å². The molecule has 24 heavy (non-hydrogen) atoms. The topological polar surface area (TPSA) is 71.5 Å². The molecule has 5 nitrogen and oxygen atoms in total. The number of methoxy groups -OCH3 is 1. The van der Waals surface area contributed by atoms with Crippen LogP contribution in [0.3, 0.4) is 0 Å². The van der Waals surface area contributed by atoms with E-state index in [0.29, 0.717) is 12.3 Å². The van der Waals surface area contributed by atoms with Crippen LogP contribution in [0, 0.1) is 6.92 Å². The first-order chi connectivity index (χ1) is 11.6. The summed E-state index contributed by atoms with van der Waals surface area (Å²) in [5.74, 6) is 0.110. The number of amides is 1.